The molecule has 0 aromatic heterocycles. The number of aromatic carboxylic acids is 1. The number of para-hydroxylation sites is 1. The molecule has 0 saturated heterocycles. The number of methoxy groups -OCH3 is 1. The SMILES string of the molecule is COc1c(C(=O)O)ccc(NC(C)C(O)c2ccccc2)c1-c1ccccc1O. The number of aromatic hydroxyl groups is 1. The molecule has 6 heteroatoms. The average Bonchev–Trinajstić information content (AvgIpc) is 2.73. The number of phenolic OH excluding ortho intramolecular Hbond substituents is 1. The van der Waals surface area contributed by atoms with Gasteiger partial charge in [-0.2, -0.15) is 0 Å². The number of aliphatic hydroxyl groups is 1. The molecule has 6 nitrogen and oxygen atoms in total. The van der Waals surface area contributed by atoms with Gasteiger partial charge in [-0.3, -0.25) is 0 Å². The highest BCUT2D eigenvalue weighted by Gasteiger charge is 2.24. The molecule has 0 fully saturated rings. The molecule has 3 aromatic carbocycles. The van der Waals surface area contributed by atoms with Gasteiger partial charge in [0.15, 0.2) is 0 Å². The van der Waals surface area contributed by atoms with Crippen molar-refractivity contribution < 1.29 is 24.9 Å². The molecular formula is C23H23NO5. The maximum absolute atomic E-state index is 11.7. The highest BCUT2D eigenvalue weighted by atomic mass is 16.5. The predicted octanol–water partition coefficient (Wildman–Crippen LogP) is 4.30. The van der Waals surface area contributed by atoms with Crippen LogP contribution in [0.2, 0.25) is 0 Å². The van der Waals surface area contributed by atoms with E-state index >= 15 is 0 Å². The number of benzene rings is 3. The van der Waals surface area contributed by atoms with E-state index in [4.69, 9.17) is 4.74 Å². The highest BCUT2D eigenvalue weighted by molar-refractivity contribution is 5.98. The maximum atomic E-state index is 11.7. The summed E-state index contributed by atoms with van der Waals surface area (Å²) in [4.78, 5) is 11.7. The van der Waals surface area contributed by atoms with Crippen LogP contribution in [0.4, 0.5) is 5.69 Å². The fraction of sp³-hybridized carbons (Fsp3) is 0.174. The van der Waals surface area contributed by atoms with Gasteiger partial charge in [-0.05, 0) is 30.7 Å². The molecule has 0 radical (unpaired) electrons. The van der Waals surface area contributed by atoms with E-state index in [0.29, 0.717) is 16.8 Å². The first-order valence-electron chi connectivity index (χ1n) is 9.16. The first kappa shape index (κ1) is 20.2. The first-order valence-corrected chi connectivity index (χ1v) is 9.16. The lowest BCUT2D eigenvalue weighted by Crippen LogP contribution is -2.24. The number of rotatable bonds is 7. The molecule has 0 aliphatic heterocycles. The Balaban J connectivity index is 2.09. The van der Waals surface area contributed by atoms with E-state index in [1.807, 2.05) is 37.3 Å². The lowest BCUT2D eigenvalue weighted by molar-refractivity contribution is 0.0693. The average molecular weight is 393 g/mol. The third-order valence-electron chi connectivity index (χ3n) is 4.76. The third kappa shape index (κ3) is 4.17. The van der Waals surface area contributed by atoms with E-state index in [-0.39, 0.29) is 17.1 Å². The molecule has 0 spiro atoms. The number of hydrogen-bond acceptors (Lipinski definition) is 5. The van der Waals surface area contributed by atoms with Gasteiger partial charge in [-0.1, -0.05) is 48.5 Å². The van der Waals surface area contributed by atoms with Gasteiger partial charge in [0.25, 0.3) is 0 Å². The zero-order valence-electron chi connectivity index (χ0n) is 16.2. The molecule has 0 aliphatic rings. The fourth-order valence-corrected chi connectivity index (χ4v) is 3.30. The number of ether oxygens (including phenoxy) is 1. The molecule has 0 aliphatic carbocycles. The number of carbonyl (C=O) groups is 1. The molecule has 3 rings (SSSR count). The summed E-state index contributed by atoms with van der Waals surface area (Å²) < 4.78 is 5.42. The molecule has 0 amide bonds. The Bertz CT molecular complexity index is 1000. The number of anilines is 1. The Morgan fingerprint density at radius 1 is 1.00 bits per heavy atom. The van der Waals surface area contributed by atoms with Crippen LogP contribution in [-0.4, -0.2) is 34.4 Å². The smallest absolute Gasteiger partial charge is 0.339 e. The second kappa shape index (κ2) is 8.67. The molecule has 29 heavy (non-hydrogen) atoms. The van der Waals surface area contributed by atoms with Crippen molar-refractivity contribution in [3.05, 3.63) is 77.9 Å². The van der Waals surface area contributed by atoms with E-state index in [1.165, 1.54) is 19.2 Å². The van der Waals surface area contributed by atoms with Gasteiger partial charge in [0.05, 0.1) is 24.8 Å². The van der Waals surface area contributed by atoms with E-state index in [2.05, 4.69) is 5.32 Å². The summed E-state index contributed by atoms with van der Waals surface area (Å²) in [5.74, 6) is -1.01. The summed E-state index contributed by atoms with van der Waals surface area (Å²) in [7, 11) is 1.39. The summed E-state index contributed by atoms with van der Waals surface area (Å²) in [6, 6.07) is 18.5. The number of hydrogen-bond donors (Lipinski definition) is 4. The quantitative estimate of drug-likeness (QED) is 0.478. The Kier molecular flexibility index (Phi) is 6.04. The molecule has 150 valence electrons. The van der Waals surface area contributed by atoms with Crippen LogP contribution in [0.5, 0.6) is 11.5 Å². The van der Waals surface area contributed by atoms with E-state index in [1.54, 1.807) is 24.3 Å². The second-order valence-electron chi connectivity index (χ2n) is 6.68. The third-order valence-corrected chi connectivity index (χ3v) is 4.76. The zero-order chi connectivity index (χ0) is 21.0. The van der Waals surface area contributed by atoms with Gasteiger partial charge in [0.2, 0.25) is 0 Å². The van der Waals surface area contributed by atoms with Gasteiger partial charge in [0.1, 0.15) is 17.1 Å². The summed E-state index contributed by atoms with van der Waals surface area (Å²) in [5, 5.41) is 33.9. The molecule has 4 N–H and O–H groups in total. The van der Waals surface area contributed by atoms with Crippen LogP contribution in [0.1, 0.15) is 28.9 Å². The summed E-state index contributed by atoms with van der Waals surface area (Å²) in [5.41, 5.74) is 2.11. The maximum Gasteiger partial charge on any atom is 0.339 e. The lowest BCUT2D eigenvalue weighted by Gasteiger charge is -2.25. The van der Waals surface area contributed by atoms with Gasteiger partial charge in [0, 0.05) is 11.3 Å². The van der Waals surface area contributed by atoms with E-state index in [0.717, 1.165) is 5.56 Å². The number of carboxylic acids is 1. The van der Waals surface area contributed by atoms with Gasteiger partial charge >= 0.3 is 5.97 Å². The van der Waals surface area contributed by atoms with Crippen LogP contribution in [0, 0.1) is 0 Å². The standard InChI is InChI=1S/C23H23NO5/c1-14(21(26)15-8-4-3-5-9-15)24-18-13-12-17(23(27)28)22(29-2)20(18)16-10-6-7-11-19(16)25/h3-14,21,24-26H,1-2H3,(H,27,28). The van der Waals surface area contributed by atoms with E-state index < -0.39 is 18.1 Å². The van der Waals surface area contributed by atoms with Gasteiger partial charge < -0.3 is 25.4 Å². The summed E-state index contributed by atoms with van der Waals surface area (Å²) in [6.07, 6.45) is -0.793. The monoisotopic (exact) mass is 393 g/mol. The second-order valence-corrected chi connectivity index (χ2v) is 6.68. The summed E-state index contributed by atoms with van der Waals surface area (Å²) in [6.45, 7) is 1.82. The van der Waals surface area contributed by atoms with Crippen molar-refractivity contribution in [2.24, 2.45) is 0 Å². The Labute approximate surface area is 169 Å². The van der Waals surface area contributed by atoms with Crippen LogP contribution >= 0.6 is 0 Å². The van der Waals surface area contributed by atoms with Gasteiger partial charge in [-0.25, -0.2) is 4.79 Å². The predicted molar refractivity (Wildman–Crippen MR) is 112 cm³/mol. The normalized spacial score (nSPS) is 12.8. The minimum atomic E-state index is -1.14. The minimum absolute atomic E-state index is 0.00681. The Hall–Kier alpha value is -3.51. The van der Waals surface area contributed by atoms with Crippen LogP contribution in [0.15, 0.2) is 66.7 Å². The molecule has 0 heterocycles. The number of phenols is 1. The van der Waals surface area contributed by atoms with Crippen LogP contribution < -0.4 is 10.1 Å². The largest absolute Gasteiger partial charge is 0.507 e. The van der Waals surface area contributed by atoms with Crippen molar-refractivity contribution in [1.29, 1.82) is 0 Å². The minimum Gasteiger partial charge on any atom is -0.507 e. The number of aliphatic hydroxyl groups excluding tert-OH is 1. The molecule has 3 aromatic rings. The van der Waals surface area contributed by atoms with Crippen LogP contribution in [0.25, 0.3) is 11.1 Å². The lowest BCUT2D eigenvalue weighted by atomic mass is 9.96. The first-order chi connectivity index (χ1) is 13.9. The molecule has 0 bridgehead atoms. The molecule has 2 atom stereocenters. The molecule has 2 unspecified atom stereocenters. The summed E-state index contributed by atoms with van der Waals surface area (Å²) >= 11 is 0. The fourth-order valence-electron chi connectivity index (χ4n) is 3.30. The van der Waals surface area contributed by atoms with Crippen molar-refractivity contribution in [1.82, 2.24) is 0 Å². The zero-order valence-corrected chi connectivity index (χ0v) is 16.2. The van der Waals surface area contributed by atoms with E-state index in [9.17, 15) is 20.1 Å². The number of nitrogens with one attached hydrogen (secondary N) is 1. The Morgan fingerprint density at radius 3 is 2.28 bits per heavy atom. The van der Waals surface area contributed by atoms with Crippen molar-refractivity contribution >= 4 is 11.7 Å². The molecule has 0 saturated carbocycles. The Morgan fingerprint density at radius 2 is 1.66 bits per heavy atom. The van der Waals surface area contributed by atoms with Crippen LogP contribution in [-0.2, 0) is 0 Å². The number of carboxylic acid groups (broad SMARTS) is 1. The van der Waals surface area contributed by atoms with Crippen LogP contribution in [0.3, 0.4) is 0 Å². The highest BCUT2D eigenvalue weighted by Crippen LogP contribution is 2.43. The van der Waals surface area contributed by atoms with Crippen molar-refractivity contribution in [3.8, 4) is 22.6 Å². The van der Waals surface area contributed by atoms with Crippen molar-refractivity contribution in [2.75, 3.05) is 12.4 Å². The van der Waals surface area contributed by atoms with Crippen molar-refractivity contribution in [2.45, 2.75) is 19.1 Å². The van der Waals surface area contributed by atoms with Gasteiger partial charge in [-0.15, -0.1) is 0 Å². The van der Waals surface area contributed by atoms with Crippen molar-refractivity contribution in [3.63, 3.8) is 0 Å². The molecular weight excluding hydrogens is 370 g/mol. The topological polar surface area (TPSA) is 99.0 Å².